The van der Waals surface area contributed by atoms with Crippen molar-refractivity contribution in [2.45, 2.75) is 12.1 Å². The van der Waals surface area contributed by atoms with Crippen LogP contribution in [-0.2, 0) is 16.0 Å². The van der Waals surface area contributed by atoms with Crippen molar-refractivity contribution >= 4 is 34.8 Å². The van der Waals surface area contributed by atoms with E-state index in [0.717, 1.165) is 24.2 Å². The van der Waals surface area contributed by atoms with Gasteiger partial charge in [0, 0.05) is 25.0 Å². The lowest BCUT2D eigenvalue weighted by Crippen LogP contribution is -2.34. The number of hydrogen-bond donors (Lipinski definition) is 2. The Hall–Kier alpha value is -1.82. The Balaban J connectivity index is 2.15. The fourth-order valence-corrected chi connectivity index (χ4v) is 2.19. The zero-order valence-electron chi connectivity index (χ0n) is 11.0. The number of carbonyl (C=O) groups excluding carboxylic acids is 2. The summed E-state index contributed by atoms with van der Waals surface area (Å²) < 4.78 is 12.6. The molecule has 1 unspecified atom stereocenters. The van der Waals surface area contributed by atoms with E-state index in [1.54, 1.807) is 19.2 Å². The highest BCUT2D eigenvalue weighted by Crippen LogP contribution is 2.30. The number of halogens is 2. The first kappa shape index (κ1) is 14.6. The van der Waals surface area contributed by atoms with Crippen LogP contribution in [0.5, 0.6) is 0 Å². The average molecular weight is 300 g/mol. The number of carbonyl (C=O) groups is 2. The van der Waals surface area contributed by atoms with Gasteiger partial charge in [-0.1, -0.05) is 17.7 Å². The van der Waals surface area contributed by atoms with Crippen molar-refractivity contribution in [3.8, 4) is 0 Å². The predicted octanol–water partition coefficient (Wildman–Crippen LogP) is 1.27. The van der Waals surface area contributed by atoms with Gasteiger partial charge >= 0.3 is 0 Å². The highest BCUT2D eigenvalue weighted by atomic mass is 35.5. The Kier molecular flexibility index (Phi) is 4.44. The molecule has 2 amide bonds. The second-order valence-electron chi connectivity index (χ2n) is 4.48. The normalized spacial score (nSPS) is 14.7. The number of rotatable bonds is 4. The van der Waals surface area contributed by atoms with Crippen LogP contribution in [0.2, 0.25) is 0 Å². The van der Waals surface area contributed by atoms with Gasteiger partial charge in [0.25, 0.3) is 11.5 Å². The summed E-state index contributed by atoms with van der Waals surface area (Å²) >= 11 is 5.07. The molecule has 0 spiro atoms. The lowest BCUT2D eigenvalue weighted by Gasteiger charge is -2.19. The summed E-state index contributed by atoms with van der Waals surface area (Å²) in [5, 5.41) is 4.95. The molecule has 1 aliphatic heterocycles. The van der Waals surface area contributed by atoms with E-state index in [4.69, 9.17) is 11.6 Å². The molecule has 5 nitrogen and oxygen atoms in total. The third-order valence-electron chi connectivity index (χ3n) is 3.16. The monoisotopic (exact) mass is 299 g/mol. The lowest BCUT2D eigenvalue weighted by molar-refractivity contribution is -0.119. The summed E-state index contributed by atoms with van der Waals surface area (Å²) in [4.78, 5) is 24.6. The van der Waals surface area contributed by atoms with Crippen LogP contribution in [0.25, 0.3) is 0 Å². The van der Waals surface area contributed by atoms with E-state index in [-0.39, 0.29) is 12.5 Å². The largest absolute Gasteiger partial charge is 0.362 e. The van der Waals surface area contributed by atoms with Gasteiger partial charge in [0.15, 0.2) is 0 Å². The van der Waals surface area contributed by atoms with E-state index in [1.807, 2.05) is 11.0 Å². The van der Waals surface area contributed by atoms with E-state index >= 15 is 0 Å². The second-order valence-corrected chi connectivity index (χ2v) is 4.86. The van der Waals surface area contributed by atoms with Gasteiger partial charge in [-0.3, -0.25) is 9.59 Å². The van der Waals surface area contributed by atoms with Crippen LogP contribution >= 0.6 is 11.6 Å². The summed E-state index contributed by atoms with van der Waals surface area (Å²) in [7, 11) is 1.58. The fourth-order valence-electron chi connectivity index (χ4n) is 2.14. The molecule has 1 aromatic rings. The Morgan fingerprint density at radius 2 is 2.25 bits per heavy atom. The maximum absolute atomic E-state index is 12.6. The third-order valence-corrected chi connectivity index (χ3v) is 3.35. The number of nitrogens with one attached hydrogen (secondary N) is 2. The summed E-state index contributed by atoms with van der Waals surface area (Å²) in [6.07, 6.45) is 0.835. The fraction of sp³-hybridized carbons (Fsp3) is 0.385. The molecule has 0 saturated heterocycles. The molecule has 2 N–H and O–H groups in total. The van der Waals surface area contributed by atoms with Crippen LogP contribution in [0.4, 0.5) is 15.8 Å². The van der Waals surface area contributed by atoms with E-state index in [9.17, 15) is 14.0 Å². The molecule has 0 fully saturated rings. The molecule has 7 heteroatoms. The van der Waals surface area contributed by atoms with Crippen molar-refractivity contribution in [1.82, 2.24) is 5.32 Å². The van der Waals surface area contributed by atoms with Crippen molar-refractivity contribution in [1.29, 1.82) is 0 Å². The standard InChI is InChI=1S/C13H15ClFN3O2/c1-16-11(19)7-18-5-4-8-2-3-9(6-10(8)18)17-13(20)12(14)15/h2-3,6,12H,4-5,7H2,1H3,(H,16,19)(H,17,20). The molecule has 20 heavy (non-hydrogen) atoms. The molecule has 0 bridgehead atoms. The minimum absolute atomic E-state index is 0.0862. The lowest BCUT2D eigenvalue weighted by atomic mass is 10.1. The van der Waals surface area contributed by atoms with Gasteiger partial charge in [-0.2, -0.15) is 0 Å². The van der Waals surface area contributed by atoms with Gasteiger partial charge < -0.3 is 15.5 Å². The summed E-state index contributed by atoms with van der Waals surface area (Å²) in [5.41, 5.74) is 0.344. The Morgan fingerprint density at radius 3 is 2.90 bits per heavy atom. The van der Waals surface area contributed by atoms with Crippen LogP contribution in [0.1, 0.15) is 5.56 Å². The Morgan fingerprint density at radius 1 is 1.50 bits per heavy atom. The first-order chi connectivity index (χ1) is 9.51. The van der Waals surface area contributed by atoms with Crippen molar-refractivity contribution in [2.24, 2.45) is 0 Å². The number of anilines is 2. The van der Waals surface area contributed by atoms with Gasteiger partial charge in [-0.05, 0) is 24.1 Å². The zero-order chi connectivity index (χ0) is 14.7. The smallest absolute Gasteiger partial charge is 0.274 e. The molecule has 0 aliphatic carbocycles. The van der Waals surface area contributed by atoms with Crippen LogP contribution in [-0.4, -0.2) is 37.6 Å². The number of nitrogens with zero attached hydrogens (tertiary/aromatic N) is 1. The maximum atomic E-state index is 12.6. The van der Waals surface area contributed by atoms with Gasteiger partial charge in [-0.25, -0.2) is 4.39 Å². The highest BCUT2D eigenvalue weighted by Gasteiger charge is 2.22. The van der Waals surface area contributed by atoms with E-state index in [2.05, 4.69) is 10.6 Å². The number of amides is 2. The molecule has 1 aliphatic rings. The molecule has 2 rings (SSSR count). The minimum atomic E-state index is -2.08. The number of hydrogen-bond acceptors (Lipinski definition) is 3. The SMILES string of the molecule is CNC(=O)CN1CCc2ccc(NC(=O)C(F)Cl)cc21. The average Bonchev–Trinajstić information content (AvgIpc) is 2.81. The van der Waals surface area contributed by atoms with Crippen LogP contribution in [0.3, 0.4) is 0 Å². The summed E-state index contributed by atoms with van der Waals surface area (Å²) in [6.45, 7) is 0.990. The van der Waals surface area contributed by atoms with Crippen LogP contribution in [0.15, 0.2) is 18.2 Å². The Labute approximate surface area is 121 Å². The molecule has 1 aromatic carbocycles. The molecule has 0 aromatic heterocycles. The molecule has 1 atom stereocenters. The first-order valence-corrected chi connectivity index (χ1v) is 6.62. The van der Waals surface area contributed by atoms with Gasteiger partial charge in [0.1, 0.15) is 0 Å². The van der Waals surface area contributed by atoms with E-state index < -0.39 is 11.5 Å². The van der Waals surface area contributed by atoms with Crippen molar-refractivity contribution in [3.63, 3.8) is 0 Å². The van der Waals surface area contributed by atoms with E-state index in [0.29, 0.717) is 5.69 Å². The minimum Gasteiger partial charge on any atom is -0.362 e. The molecule has 108 valence electrons. The summed E-state index contributed by atoms with van der Waals surface area (Å²) in [6, 6.07) is 5.28. The molecule has 0 radical (unpaired) electrons. The van der Waals surface area contributed by atoms with Gasteiger partial charge in [0.05, 0.1) is 6.54 Å². The first-order valence-electron chi connectivity index (χ1n) is 6.18. The zero-order valence-corrected chi connectivity index (χ0v) is 11.7. The molecule has 0 saturated carbocycles. The van der Waals surface area contributed by atoms with Crippen molar-refractivity contribution < 1.29 is 14.0 Å². The second kappa shape index (κ2) is 6.09. The predicted molar refractivity (Wildman–Crippen MR) is 75.8 cm³/mol. The molecular formula is C13H15ClFN3O2. The number of benzene rings is 1. The summed E-state index contributed by atoms with van der Waals surface area (Å²) in [5.74, 6) is -0.987. The molecule has 1 heterocycles. The number of alkyl halides is 2. The van der Waals surface area contributed by atoms with Crippen LogP contribution in [0, 0.1) is 0 Å². The van der Waals surface area contributed by atoms with Crippen molar-refractivity contribution in [2.75, 3.05) is 30.4 Å². The van der Waals surface area contributed by atoms with Gasteiger partial charge in [-0.15, -0.1) is 0 Å². The van der Waals surface area contributed by atoms with E-state index in [1.165, 1.54) is 0 Å². The quantitative estimate of drug-likeness (QED) is 0.823. The van der Waals surface area contributed by atoms with Crippen LogP contribution < -0.4 is 15.5 Å². The van der Waals surface area contributed by atoms with Crippen molar-refractivity contribution in [3.05, 3.63) is 23.8 Å². The van der Waals surface area contributed by atoms with Gasteiger partial charge in [0.2, 0.25) is 5.91 Å². The Bertz CT molecular complexity index is 536. The highest BCUT2D eigenvalue weighted by molar-refractivity contribution is 6.31. The molecular weight excluding hydrogens is 285 g/mol. The number of fused-ring (bicyclic) bond motifs is 1. The maximum Gasteiger partial charge on any atom is 0.274 e. The topological polar surface area (TPSA) is 61.4 Å². The third kappa shape index (κ3) is 3.19. The number of likely N-dealkylation sites (N-methyl/N-ethyl adjacent to an activating group) is 1.